The molecule has 0 radical (unpaired) electrons. The number of hydrogen-bond donors (Lipinski definition) is 1. The molecule has 4 nitrogen and oxygen atoms in total. The average molecular weight is 347 g/mol. The van der Waals surface area contributed by atoms with E-state index in [9.17, 15) is 4.79 Å². The van der Waals surface area contributed by atoms with Crippen LogP contribution in [-0.2, 0) is 0 Å². The Bertz CT molecular complexity index is 818. The molecule has 0 heterocycles. The zero-order valence-electron chi connectivity index (χ0n) is 14.7. The second kappa shape index (κ2) is 8.83. The fourth-order valence-corrected chi connectivity index (χ4v) is 2.67. The number of ether oxygens (including phenoxy) is 1. The Hall–Kier alpha value is -3.11. The van der Waals surface area contributed by atoms with Gasteiger partial charge in [0.1, 0.15) is 11.5 Å². The molecule has 0 bridgehead atoms. The van der Waals surface area contributed by atoms with Crippen molar-refractivity contribution in [2.45, 2.75) is 6.42 Å². The van der Waals surface area contributed by atoms with Crippen LogP contribution in [0.3, 0.4) is 0 Å². The number of nitrogens with zero attached hydrogens (tertiary/aromatic N) is 1. The Morgan fingerprint density at radius 1 is 0.808 bits per heavy atom. The van der Waals surface area contributed by atoms with Gasteiger partial charge in [-0.25, -0.2) is 0 Å². The highest BCUT2D eigenvalue weighted by atomic mass is 16.5. The molecule has 0 aliphatic carbocycles. The quantitative estimate of drug-likeness (QED) is 0.707. The minimum atomic E-state index is -0.00391. The maximum atomic E-state index is 12.9. The topological polar surface area (TPSA) is 57.2 Å². The van der Waals surface area contributed by atoms with Crippen molar-refractivity contribution in [1.82, 2.24) is 0 Å². The highest BCUT2D eigenvalue weighted by Gasteiger charge is 2.17. The van der Waals surface area contributed by atoms with Crippen LogP contribution in [0.15, 0.2) is 84.9 Å². The van der Waals surface area contributed by atoms with Crippen LogP contribution in [0.1, 0.15) is 16.8 Å². The molecule has 3 N–H and O–H groups in total. The van der Waals surface area contributed by atoms with Gasteiger partial charge in [0.05, 0.1) is 6.54 Å². The predicted molar refractivity (Wildman–Crippen MR) is 103 cm³/mol. The number of carbonyl (C=O) groups is 1. The molecule has 0 aliphatic rings. The van der Waals surface area contributed by atoms with Gasteiger partial charge in [-0.3, -0.25) is 4.79 Å². The number of amides is 1. The number of hydrogen-bond acceptors (Lipinski definition) is 2. The summed E-state index contributed by atoms with van der Waals surface area (Å²) in [4.78, 5) is 14.7. The monoisotopic (exact) mass is 347 g/mol. The Labute approximate surface area is 153 Å². The van der Waals surface area contributed by atoms with Crippen LogP contribution >= 0.6 is 0 Å². The maximum Gasteiger partial charge on any atom is 0.258 e. The van der Waals surface area contributed by atoms with Crippen molar-refractivity contribution in [3.63, 3.8) is 0 Å². The Morgan fingerprint density at radius 3 is 2.00 bits per heavy atom. The third kappa shape index (κ3) is 4.49. The number of rotatable bonds is 7. The number of quaternary nitrogens is 1. The number of benzene rings is 3. The number of carbonyl (C=O) groups excluding carboxylic acids is 1. The molecule has 0 spiro atoms. The molecule has 0 saturated heterocycles. The van der Waals surface area contributed by atoms with Gasteiger partial charge in [-0.2, -0.15) is 0 Å². The molecule has 3 rings (SSSR count). The zero-order valence-corrected chi connectivity index (χ0v) is 14.7. The van der Waals surface area contributed by atoms with Crippen LogP contribution in [0.4, 0.5) is 5.69 Å². The van der Waals surface area contributed by atoms with Gasteiger partial charge in [-0.15, -0.1) is 0 Å². The van der Waals surface area contributed by atoms with Crippen LogP contribution in [0, 0.1) is 0 Å². The Morgan fingerprint density at radius 2 is 1.38 bits per heavy atom. The zero-order chi connectivity index (χ0) is 18.2. The van der Waals surface area contributed by atoms with E-state index in [1.54, 1.807) is 4.90 Å². The lowest BCUT2D eigenvalue weighted by atomic mass is 10.1. The smallest absolute Gasteiger partial charge is 0.258 e. The second-order valence-corrected chi connectivity index (χ2v) is 5.94. The van der Waals surface area contributed by atoms with E-state index < -0.39 is 0 Å². The lowest BCUT2D eigenvalue weighted by Crippen LogP contribution is -2.51. The van der Waals surface area contributed by atoms with E-state index in [1.165, 1.54) is 0 Å². The van der Waals surface area contributed by atoms with Crippen molar-refractivity contribution in [3.8, 4) is 11.5 Å². The fourth-order valence-electron chi connectivity index (χ4n) is 2.67. The van der Waals surface area contributed by atoms with Crippen LogP contribution in [0.5, 0.6) is 11.5 Å². The summed E-state index contributed by atoms with van der Waals surface area (Å²) in [5, 5.41) is 0. The van der Waals surface area contributed by atoms with E-state index in [4.69, 9.17) is 4.74 Å². The maximum absolute atomic E-state index is 12.9. The van der Waals surface area contributed by atoms with Crippen molar-refractivity contribution in [3.05, 3.63) is 90.5 Å². The van der Waals surface area contributed by atoms with Gasteiger partial charge in [0.25, 0.3) is 5.91 Å². The Balaban J connectivity index is 1.79. The van der Waals surface area contributed by atoms with E-state index in [-0.39, 0.29) is 5.91 Å². The third-order valence-corrected chi connectivity index (χ3v) is 4.02. The lowest BCUT2D eigenvalue weighted by molar-refractivity contribution is -0.367. The van der Waals surface area contributed by atoms with Crippen LogP contribution in [0.2, 0.25) is 0 Å². The SMILES string of the molecule is [NH3+]CCCN(C(=O)c1ccccc1)c1ccc(Oc2ccccc2)cc1. The standard InChI is InChI=1S/C22H22N2O2/c23-16-7-17-24(22(25)18-8-3-1-4-9-18)19-12-14-21(15-13-19)26-20-10-5-2-6-11-20/h1-6,8-15H,7,16-17,23H2/p+1. The summed E-state index contributed by atoms with van der Waals surface area (Å²) in [5.41, 5.74) is 5.42. The van der Waals surface area contributed by atoms with E-state index in [0.717, 1.165) is 30.2 Å². The van der Waals surface area contributed by atoms with Crippen molar-refractivity contribution in [2.75, 3.05) is 18.0 Å². The predicted octanol–water partition coefficient (Wildman–Crippen LogP) is 3.76. The van der Waals surface area contributed by atoms with Gasteiger partial charge >= 0.3 is 0 Å². The first-order valence-electron chi connectivity index (χ1n) is 8.77. The molecule has 3 aromatic rings. The normalized spacial score (nSPS) is 10.3. The van der Waals surface area contributed by atoms with Gasteiger partial charge in [0.15, 0.2) is 0 Å². The molecule has 1 amide bonds. The first-order valence-corrected chi connectivity index (χ1v) is 8.77. The molecule has 132 valence electrons. The molecule has 0 unspecified atom stereocenters. The van der Waals surface area contributed by atoms with E-state index in [1.807, 2.05) is 84.9 Å². The summed E-state index contributed by atoms with van der Waals surface area (Å²) < 4.78 is 5.83. The molecular formula is C22H23N2O2+. The minimum Gasteiger partial charge on any atom is -0.457 e. The summed E-state index contributed by atoms with van der Waals surface area (Å²) in [6, 6.07) is 26.6. The fraction of sp³-hybridized carbons (Fsp3) is 0.136. The highest BCUT2D eigenvalue weighted by Crippen LogP contribution is 2.25. The van der Waals surface area contributed by atoms with Gasteiger partial charge < -0.3 is 15.4 Å². The third-order valence-electron chi connectivity index (χ3n) is 4.02. The lowest BCUT2D eigenvalue weighted by Gasteiger charge is -2.23. The molecule has 0 saturated carbocycles. The van der Waals surface area contributed by atoms with Crippen LogP contribution in [-0.4, -0.2) is 19.0 Å². The van der Waals surface area contributed by atoms with Crippen molar-refractivity contribution in [1.29, 1.82) is 0 Å². The molecule has 0 atom stereocenters. The van der Waals surface area contributed by atoms with Crippen molar-refractivity contribution >= 4 is 11.6 Å². The molecular weight excluding hydrogens is 324 g/mol. The average Bonchev–Trinajstić information content (AvgIpc) is 2.71. The van der Waals surface area contributed by atoms with Gasteiger partial charge in [-0.05, 0) is 48.5 Å². The minimum absolute atomic E-state index is 0.00391. The summed E-state index contributed by atoms with van der Waals surface area (Å²) in [5.74, 6) is 1.52. The summed E-state index contributed by atoms with van der Waals surface area (Å²) in [7, 11) is 0. The Kier molecular flexibility index (Phi) is 6.01. The van der Waals surface area contributed by atoms with Gasteiger partial charge in [0.2, 0.25) is 0 Å². The molecule has 3 aromatic carbocycles. The summed E-state index contributed by atoms with van der Waals surface area (Å²) in [6.45, 7) is 1.42. The molecule has 26 heavy (non-hydrogen) atoms. The van der Waals surface area contributed by atoms with Crippen LogP contribution < -0.4 is 15.4 Å². The van der Waals surface area contributed by atoms with E-state index in [0.29, 0.717) is 12.1 Å². The second-order valence-electron chi connectivity index (χ2n) is 5.94. The number of para-hydroxylation sites is 1. The van der Waals surface area contributed by atoms with Gasteiger partial charge in [0, 0.05) is 24.2 Å². The van der Waals surface area contributed by atoms with Crippen molar-refractivity contribution < 1.29 is 15.3 Å². The highest BCUT2D eigenvalue weighted by molar-refractivity contribution is 6.06. The van der Waals surface area contributed by atoms with Crippen molar-refractivity contribution in [2.24, 2.45) is 0 Å². The molecule has 0 fully saturated rings. The first kappa shape index (κ1) is 17.7. The van der Waals surface area contributed by atoms with E-state index >= 15 is 0 Å². The summed E-state index contributed by atoms with van der Waals surface area (Å²) in [6.07, 6.45) is 0.848. The number of anilines is 1. The largest absolute Gasteiger partial charge is 0.457 e. The van der Waals surface area contributed by atoms with E-state index in [2.05, 4.69) is 5.73 Å². The molecule has 0 aliphatic heterocycles. The van der Waals surface area contributed by atoms with Gasteiger partial charge in [-0.1, -0.05) is 36.4 Å². The van der Waals surface area contributed by atoms with Crippen LogP contribution in [0.25, 0.3) is 0 Å². The first-order chi connectivity index (χ1) is 12.8. The molecule has 4 heteroatoms. The summed E-state index contributed by atoms with van der Waals surface area (Å²) >= 11 is 0. The molecule has 0 aromatic heterocycles.